The van der Waals surface area contributed by atoms with E-state index in [0.29, 0.717) is 0 Å². The van der Waals surface area contributed by atoms with Gasteiger partial charge >= 0.3 is 0 Å². The number of rotatable bonds is 4. The number of hydrogen-bond acceptors (Lipinski definition) is 4. The molecule has 0 aromatic heterocycles. The van der Waals surface area contributed by atoms with Gasteiger partial charge in [0.1, 0.15) is 0 Å². The van der Waals surface area contributed by atoms with Crippen LogP contribution < -0.4 is 4.90 Å². The fourth-order valence-electron chi connectivity index (χ4n) is 4.26. The van der Waals surface area contributed by atoms with Crippen molar-refractivity contribution in [3.8, 4) is 0 Å². The van der Waals surface area contributed by atoms with E-state index in [9.17, 15) is 0 Å². The number of likely N-dealkylation sites (N-methyl/N-ethyl adjacent to an activating group) is 1. The number of benzene rings is 1. The molecule has 1 saturated heterocycles. The Kier molecular flexibility index (Phi) is 4.72. The first-order valence-corrected chi connectivity index (χ1v) is 9.77. The third kappa shape index (κ3) is 3.03. The Balaban J connectivity index is 1.98. The summed E-state index contributed by atoms with van der Waals surface area (Å²) in [5.74, 6) is 0. The van der Waals surface area contributed by atoms with Crippen molar-refractivity contribution in [3.63, 3.8) is 0 Å². The summed E-state index contributed by atoms with van der Waals surface area (Å²) in [6.07, 6.45) is 4.74. The van der Waals surface area contributed by atoms with Gasteiger partial charge in [0, 0.05) is 29.9 Å². The van der Waals surface area contributed by atoms with Crippen molar-refractivity contribution in [2.45, 2.75) is 56.1 Å². The molecule has 23 heavy (non-hydrogen) atoms. The van der Waals surface area contributed by atoms with Crippen molar-refractivity contribution in [2.24, 2.45) is 0 Å². The highest BCUT2D eigenvalue weighted by atomic mass is 32.2. The van der Waals surface area contributed by atoms with Crippen molar-refractivity contribution in [1.82, 2.24) is 4.90 Å². The van der Waals surface area contributed by atoms with Gasteiger partial charge in [-0.3, -0.25) is 4.90 Å². The lowest BCUT2D eigenvalue weighted by Gasteiger charge is -2.37. The second-order valence-electron chi connectivity index (χ2n) is 7.54. The van der Waals surface area contributed by atoms with Gasteiger partial charge in [-0.15, -0.1) is 0 Å². The lowest BCUT2D eigenvalue weighted by Crippen LogP contribution is -2.48. The minimum atomic E-state index is -0.348. The highest BCUT2D eigenvalue weighted by molar-refractivity contribution is 7.99. The molecule has 1 aromatic carbocycles. The van der Waals surface area contributed by atoms with Crippen LogP contribution in [0.25, 0.3) is 0 Å². The first kappa shape index (κ1) is 17.5. The van der Waals surface area contributed by atoms with E-state index in [-0.39, 0.29) is 9.62 Å². The molecule has 2 aliphatic rings. The molecule has 0 spiro atoms. The van der Waals surface area contributed by atoms with Crippen molar-refractivity contribution < 1.29 is 0 Å². The molecular weight excluding hydrogens is 320 g/mol. The molecule has 1 fully saturated rings. The molecule has 2 heterocycles. The summed E-state index contributed by atoms with van der Waals surface area (Å²) >= 11 is 9.78. The quantitative estimate of drug-likeness (QED) is 0.623. The monoisotopic (exact) mass is 350 g/mol. The van der Waals surface area contributed by atoms with E-state index in [1.54, 1.807) is 0 Å². The van der Waals surface area contributed by atoms with E-state index in [2.05, 4.69) is 49.8 Å². The Labute approximate surface area is 152 Å². The normalized spacial score (nSPS) is 26.8. The molecule has 0 aliphatic carbocycles. The average molecular weight is 351 g/mol. The van der Waals surface area contributed by atoms with E-state index in [1.165, 1.54) is 41.8 Å². The molecule has 1 atom stereocenters. The lowest BCUT2D eigenvalue weighted by atomic mass is 9.96. The molecule has 0 radical (unpaired) electrons. The van der Waals surface area contributed by atoms with Gasteiger partial charge in [0.05, 0.1) is 4.08 Å². The first-order chi connectivity index (χ1) is 10.8. The molecule has 2 aliphatic heterocycles. The predicted octanol–water partition coefficient (Wildman–Crippen LogP) is 4.13. The van der Waals surface area contributed by atoms with E-state index < -0.39 is 0 Å². The second kappa shape index (κ2) is 6.20. The summed E-state index contributed by atoms with van der Waals surface area (Å²) < 4.78 is -0.348. The summed E-state index contributed by atoms with van der Waals surface area (Å²) in [7, 11) is 2.26. The van der Waals surface area contributed by atoms with Crippen molar-refractivity contribution >= 4 is 30.9 Å². The topological polar surface area (TPSA) is 6.48 Å². The SMILES string of the molecule is CCc1cc2c(cc1CC)C(S)(S)CN2C[C@@]1(C)CCCN1C. The molecule has 0 saturated carbocycles. The van der Waals surface area contributed by atoms with Crippen LogP contribution in [-0.2, 0) is 16.9 Å². The number of aryl methyl sites for hydroxylation is 2. The maximum atomic E-state index is 4.89. The highest BCUT2D eigenvalue weighted by Gasteiger charge is 2.42. The maximum absolute atomic E-state index is 4.89. The molecule has 0 bridgehead atoms. The van der Waals surface area contributed by atoms with Gasteiger partial charge in [-0.2, -0.15) is 25.3 Å². The molecule has 128 valence electrons. The average Bonchev–Trinajstić information content (AvgIpc) is 2.95. The summed E-state index contributed by atoms with van der Waals surface area (Å²) in [5.41, 5.74) is 5.83. The number of hydrogen-bond donors (Lipinski definition) is 2. The van der Waals surface area contributed by atoms with Gasteiger partial charge in [0.2, 0.25) is 0 Å². The lowest BCUT2D eigenvalue weighted by molar-refractivity contribution is 0.200. The fraction of sp³-hybridized carbons (Fsp3) is 0.684. The summed E-state index contributed by atoms with van der Waals surface area (Å²) in [6.45, 7) is 10.0. The van der Waals surface area contributed by atoms with E-state index in [0.717, 1.165) is 25.9 Å². The second-order valence-corrected chi connectivity index (χ2v) is 9.42. The van der Waals surface area contributed by atoms with Gasteiger partial charge in [-0.1, -0.05) is 19.9 Å². The molecule has 3 rings (SSSR count). The van der Waals surface area contributed by atoms with Crippen LogP contribution in [0.4, 0.5) is 5.69 Å². The molecule has 2 nitrogen and oxygen atoms in total. The van der Waals surface area contributed by atoms with Crippen molar-refractivity contribution in [1.29, 1.82) is 0 Å². The third-order valence-corrected chi connectivity index (χ3v) is 6.69. The van der Waals surface area contributed by atoms with Gasteiger partial charge in [0.15, 0.2) is 0 Å². The van der Waals surface area contributed by atoms with Crippen LogP contribution in [0, 0.1) is 0 Å². The Bertz CT molecular complexity index is 599. The van der Waals surface area contributed by atoms with E-state index >= 15 is 0 Å². The summed E-state index contributed by atoms with van der Waals surface area (Å²) in [5, 5.41) is 0. The van der Waals surface area contributed by atoms with Crippen LogP contribution in [0.3, 0.4) is 0 Å². The van der Waals surface area contributed by atoms with E-state index in [4.69, 9.17) is 25.3 Å². The van der Waals surface area contributed by atoms with Crippen LogP contribution in [0.15, 0.2) is 12.1 Å². The summed E-state index contributed by atoms with van der Waals surface area (Å²) in [4.78, 5) is 5.04. The molecule has 0 N–H and O–H groups in total. The van der Waals surface area contributed by atoms with Gasteiger partial charge in [-0.05, 0) is 63.4 Å². The standard InChI is InChI=1S/C19H30N2S2/c1-5-14-10-16-17(11-15(14)6-2)21(13-19(16,22)23)12-18(3)8-7-9-20(18)4/h10-11,22-23H,5-9,12-13H2,1-4H3/t18-/m1/s1. The Hall–Kier alpha value is -0.320. The minimum Gasteiger partial charge on any atom is -0.367 e. The van der Waals surface area contributed by atoms with Crippen LogP contribution >= 0.6 is 25.3 Å². The Morgan fingerprint density at radius 1 is 1.13 bits per heavy atom. The number of likely N-dealkylation sites (tertiary alicyclic amines) is 1. The van der Waals surface area contributed by atoms with Crippen LogP contribution in [0.5, 0.6) is 0 Å². The van der Waals surface area contributed by atoms with Crippen LogP contribution in [0.1, 0.15) is 50.3 Å². The smallest absolute Gasteiger partial charge is 0.0998 e. The zero-order valence-electron chi connectivity index (χ0n) is 14.9. The largest absolute Gasteiger partial charge is 0.367 e. The third-order valence-electron chi connectivity index (χ3n) is 5.93. The molecular formula is C19H30N2S2. The fourth-order valence-corrected chi connectivity index (χ4v) is 4.96. The van der Waals surface area contributed by atoms with E-state index in [1.807, 2.05) is 0 Å². The molecule has 1 aromatic rings. The van der Waals surface area contributed by atoms with Gasteiger partial charge in [0.25, 0.3) is 0 Å². The van der Waals surface area contributed by atoms with Crippen molar-refractivity contribution in [2.75, 3.05) is 31.6 Å². The minimum absolute atomic E-state index is 0.259. The molecule has 0 amide bonds. The molecule has 4 heteroatoms. The van der Waals surface area contributed by atoms with Gasteiger partial charge < -0.3 is 4.90 Å². The number of fused-ring (bicyclic) bond motifs is 1. The number of nitrogens with zero attached hydrogens (tertiary/aromatic N) is 2. The zero-order valence-corrected chi connectivity index (χ0v) is 16.7. The molecule has 0 unspecified atom stereocenters. The predicted molar refractivity (Wildman–Crippen MR) is 107 cm³/mol. The highest BCUT2D eigenvalue weighted by Crippen LogP contribution is 2.48. The van der Waals surface area contributed by atoms with Gasteiger partial charge in [-0.25, -0.2) is 0 Å². The van der Waals surface area contributed by atoms with Crippen molar-refractivity contribution in [3.05, 3.63) is 28.8 Å². The Morgan fingerprint density at radius 3 is 2.35 bits per heavy atom. The summed E-state index contributed by atoms with van der Waals surface area (Å²) in [6, 6.07) is 4.76. The number of anilines is 1. The maximum Gasteiger partial charge on any atom is 0.0998 e. The Morgan fingerprint density at radius 2 is 1.78 bits per heavy atom. The van der Waals surface area contributed by atoms with Crippen LogP contribution in [0.2, 0.25) is 0 Å². The van der Waals surface area contributed by atoms with Crippen LogP contribution in [-0.4, -0.2) is 37.1 Å². The zero-order chi connectivity index (χ0) is 16.8. The number of thiol groups is 2. The first-order valence-electron chi connectivity index (χ1n) is 8.88.